The molecule has 2 amide bonds. The Morgan fingerprint density at radius 3 is 2.30 bits per heavy atom. The molecule has 0 atom stereocenters. The van der Waals surface area contributed by atoms with Crippen LogP contribution in [0.25, 0.3) is 0 Å². The molecule has 0 unspecified atom stereocenters. The normalized spacial score (nSPS) is 11.8. The van der Waals surface area contributed by atoms with Crippen LogP contribution in [0, 0.1) is 6.92 Å². The summed E-state index contributed by atoms with van der Waals surface area (Å²) in [4.78, 5) is 24.2. The summed E-state index contributed by atoms with van der Waals surface area (Å²) in [5.74, 6) is -2.30. The van der Waals surface area contributed by atoms with Crippen molar-refractivity contribution >= 4 is 33.0 Å². The summed E-state index contributed by atoms with van der Waals surface area (Å²) in [5, 5.41) is 4.38. The van der Waals surface area contributed by atoms with E-state index < -0.39 is 51.3 Å². The Morgan fingerprint density at radius 1 is 1.00 bits per heavy atom. The average Bonchev–Trinajstić information content (AvgIpc) is 3.28. The number of hydrogen-bond acceptors (Lipinski definition) is 5. The summed E-state index contributed by atoms with van der Waals surface area (Å²) in [7, 11) is -3.78. The molecule has 0 spiro atoms. The fraction of sp³-hybridized carbons (Fsp3) is 0.182. The molecule has 2 N–H and O–H groups in total. The van der Waals surface area contributed by atoms with Crippen LogP contribution in [0.3, 0.4) is 0 Å². The Balaban J connectivity index is 1.72. The number of nitrogens with one attached hydrogen (secondary N) is 2. The average molecular weight is 480 g/mol. The second-order valence-corrected chi connectivity index (χ2v) is 9.23. The van der Waals surface area contributed by atoms with Crippen LogP contribution in [0.1, 0.15) is 28.1 Å². The molecule has 11 heteroatoms. The summed E-state index contributed by atoms with van der Waals surface area (Å²) in [6.45, 7) is 1.79. The van der Waals surface area contributed by atoms with E-state index in [2.05, 4.69) is 10.6 Å². The molecule has 0 saturated heterocycles. The number of carbonyl (C=O) groups excluding carboxylic acids is 2. The molecule has 1 heterocycles. The van der Waals surface area contributed by atoms with E-state index >= 15 is 0 Å². The minimum absolute atomic E-state index is 0.0218. The molecule has 1 aromatic heterocycles. The van der Waals surface area contributed by atoms with Gasteiger partial charge < -0.3 is 15.1 Å². The second-order valence-electron chi connectivity index (χ2n) is 7.12. The summed E-state index contributed by atoms with van der Waals surface area (Å²) in [5.41, 5.74) is -1.07. The van der Waals surface area contributed by atoms with Gasteiger partial charge >= 0.3 is 6.18 Å². The highest BCUT2D eigenvalue weighted by atomic mass is 32.2. The largest absolute Gasteiger partial charge is 0.459 e. The third-order valence-electron chi connectivity index (χ3n) is 4.58. The highest BCUT2D eigenvalue weighted by Gasteiger charge is 2.34. The van der Waals surface area contributed by atoms with Crippen LogP contribution in [-0.4, -0.2) is 26.0 Å². The predicted molar refractivity (Wildman–Crippen MR) is 115 cm³/mol. The van der Waals surface area contributed by atoms with E-state index in [-0.39, 0.29) is 16.3 Å². The molecule has 0 bridgehead atoms. The zero-order valence-electron chi connectivity index (χ0n) is 17.3. The number of benzene rings is 2. The third kappa shape index (κ3) is 6.22. The summed E-state index contributed by atoms with van der Waals surface area (Å²) >= 11 is 0. The van der Waals surface area contributed by atoms with Crippen molar-refractivity contribution in [3.8, 4) is 0 Å². The summed E-state index contributed by atoms with van der Waals surface area (Å²) < 4.78 is 70.2. The van der Waals surface area contributed by atoms with Gasteiger partial charge in [0.05, 0.1) is 28.2 Å². The molecule has 0 fully saturated rings. The minimum atomic E-state index is -4.85. The van der Waals surface area contributed by atoms with Gasteiger partial charge in [0, 0.05) is 12.1 Å². The number of rotatable bonds is 7. The first kappa shape index (κ1) is 24.1. The maximum Gasteiger partial charge on any atom is 0.418 e. The van der Waals surface area contributed by atoms with Crippen LogP contribution in [0.4, 0.5) is 24.5 Å². The molecule has 0 radical (unpaired) electrons. The first-order chi connectivity index (χ1) is 15.5. The number of furan rings is 1. The molecular weight excluding hydrogens is 461 g/mol. The van der Waals surface area contributed by atoms with Crippen molar-refractivity contribution < 1.29 is 35.6 Å². The maximum absolute atomic E-state index is 13.5. The van der Waals surface area contributed by atoms with Crippen LogP contribution in [0.15, 0.2) is 70.2 Å². The van der Waals surface area contributed by atoms with Crippen molar-refractivity contribution in [3.05, 3.63) is 77.7 Å². The highest BCUT2D eigenvalue weighted by molar-refractivity contribution is 7.91. The van der Waals surface area contributed by atoms with Gasteiger partial charge in [0.2, 0.25) is 5.91 Å². The van der Waals surface area contributed by atoms with Crippen molar-refractivity contribution in [2.75, 3.05) is 16.4 Å². The van der Waals surface area contributed by atoms with Crippen molar-refractivity contribution in [1.29, 1.82) is 0 Å². The highest BCUT2D eigenvalue weighted by Crippen LogP contribution is 2.36. The number of halogens is 3. The summed E-state index contributed by atoms with van der Waals surface area (Å²) in [6.07, 6.45) is -4.14. The number of aryl methyl sites for hydroxylation is 1. The molecule has 0 aliphatic carbocycles. The SMILES string of the molecule is Cc1ccc(S(=O)(=O)CCC(=O)Nc2ccc(NC(=O)c3ccco3)cc2C(F)(F)F)cc1. The monoisotopic (exact) mass is 480 g/mol. The van der Waals surface area contributed by atoms with Gasteiger partial charge in [-0.1, -0.05) is 17.7 Å². The fourth-order valence-electron chi connectivity index (χ4n) is 2.87. The minimum Gasteiger partial charge on any atom is -0.459 e. The molecule has 7 nitrogen and oxygen atoms in total. The fourth-order valence-corrected chi connectivity index (χ4v) is 4.11. The van der Waals surface area contributed by atoms with E-state index in [0.29, 0.717) is 6.07 Å². The number of hydrogen-bond donors (Lipinski definition) is 2. The van der Waals surface area contributed by atoms with Crippen LogP contribution in [0.5, 0.6) is 0 Å². The van der Waals surface area contributed by atoms with Gasteiger partial charge in [0.15, 0.2) is 15.6 Å². The number of anilines is 2. The van der Waals surface area contributed by atoms with Gasteiger partial charge in [0.1, 0.15) is 0 Å². The van der Waals surface area contributed by atoms with Gasteiger partial charge in [-0.25, -0.2) is 8.42 Å². The lowest BCUT2D eigenvalue weighted by molar-refractivity contribution is -0.136. The lowest BCUT2D eigenvalue weighted by Gasteiger charge is -2.16. The van der Waals surface area contributed by atoms with Crippen LogP contribution in [-0.2, 0) is 20.8 Å². The molecule has 0 saturated carbocycles. The Morgan fingerprint density at radius 2 is 1.70 bits per heavy atom. The van der Waals surface area contributed by atoms with Gasteiger partial charge in [-0.15, -0.1) is 0 Å². The van der Waals surface area contributed by atoms with Gasteiger partial charge in [-0.05, 0) is 49.4 Å². The Labute approximate surface area is 187 Å². The lowest BCUT2D eigenvalue weighted by Crippen LogP contribution is -2.20. The number of amides is 2. The van der Waals surface area contributed by atoms with E-state index in [4.69, 9.17) is 4.42 Å². The smallest absolute Gasteiger partial charge is 0.418 e. The van der Waals surface area contributed by atoms with Crippen LogP contribution >= 0.6 is 0 Å². The Bertz CT molecular complexity index is 1250. The van der Waals surface area contributed by atoms with E-state index in [1.165, 1.54) is 36.6 Å². The topological polar surface area (TPSA) is 105 Å². The van der Waals surface area contributed by atoms with Crippen LogP contribution in [0.2, 0.25) is 0 Å². The van der Waals surface area contributed by atoms with Crippen molar-refractivity contribution in [1.82, 2.24) is 0 Å². The standard InChI is InChI=1S/C22H19F3N2O5S/c1-14-4-7-16(8-5-14)33(30,31)12-10-20(28)27-18-9-6-15(13-17(18)22(23,24)25)26-21(29)19-3-2-11-32-19/h2-9,11,13H,10,12H2,1H3,(H,26,29)(H,27,28). The molecule has 2 aromatic carbocycles. The number of carbonyl (C=O) groups is 2. The molecule has 3 rings (SSSR count). The molecule has 174 valence electrons. The zero-order chi connectivity index (χ0) is 24.2. The van der Waals surface area contributed by atoms with Gasteiger partial charge in [0.25, 0.3) is 5.91 Å². The Hall–Kier alpha value is -3.60. The van der Waals surface area contributed by atoms with E-state index in [0.717, 1.165) is 11.6 Å². The van der Waals surface area contributed by atoms with E-state index in [9.17, 15) is 31.2 Å². The third-order valence-corrected chi connectivity index (χ3v) is 6.31. The van der Waals surface area contributed by atoms with E-state index in [1.807, 2.05) is 0 Å². The molecule has 33 heavy (non-hydrogen) atoms. The lowest BCUT2D eigenvalue weighted by atomic mass is 10.1. The quantitative estimate of drug-likeness (QED) is 0.512. The van der Waals surface area contributed by atoms with Crippen LogP contribution < -0.4 is 10.6 Å². The van der Waals surface area contributed by atoms with Gasteiger partial charge in [-0.2, -0.15) is 13.2 Å². The molecule has 0 aliphatic heterocycles. The van der Waals surface area contributed by atoms with Crippen molar-refractivity contribution in [3.63, 3.8) is 0 Å². The maximum atomic E-state index is 13.5. The van der Waals surface area contributed by atoms with Crippen molar-refractivity contribution in [2.24, 2.45) is 0 Å². The van der Waals surface area contributed by atoms with E-state index in [1.54, 1.807) is 19.1 Å². The predicted octanol–water partition coefficient (Wildman–Crippen LogP) is 4.66. The second kappa shape index (κ2) is 9.49. The first-order valence-electron chi connectivity index (χ1n) is 9.61. The number of alkyl halides is 3. The first-order valence-corrected chi connectivity index (χ1v) is 11.3. The van der Waals surface area contributed by atoms with Crippen molar-refractivity contribution in [2.45, 2.75) is 24.4 Å². The van der Waals surface area contributed by atoms with Gasteiger partial charge in [-0.3, -0.25) is 9.59 Å². The Kier molecular flexibility index (Phi) is 6.92. The molecule has 0 aliphatic rings. The molecule has 3 aromatic rings. The zero-order valence-corrected chi connectivity index (χ0v) is 18.1. The molecular formula is C22H19F3N2O5S. The number of sulfone groups is 1. The summed E-state index contributed by atoms with van der Waals surface area (Å²) in [6, 6.07) is 11.6.